The zero-order chi connectivity index (χ0) is 7.90. The van der Waals surface area contributed by atoms with E-state index < -0.39 is 12.2 Å². The third-order valence-corrected chi connectivity index (χ3v) is 5.16. The van der Waals surface area contributed by atoms with E-state index >= 15 is 0 Å². The van der Waals surface area contributed by atoms with E-state index in [-0.39, 0.29) is 5.60 Å². The van der Waals surface area contributed by atoms with E-state index in [2.05, 4.69) is 10.9 Å². The maximum absolute atomic E-state index is 5.84. The molecule has 4 heteroatoms. The maximum atomic E-state index is 5.84. The van der Waals surface area contributed by atoms with Crippen LogP contribution in [0.25, 0.3) is 0 Å². The summed E-state index contributed by atoms with van der Waals surface area (Å²) < 4.78 is 5.84. The van der Waals surface area contributed by atoms with Gasteiger partial charge in [-0.3, -0.25) is 0 Å². The molecular weight excluding hydrogens is 239 g/mol. The van der Waals surface area contributed by atoms with Crippen LogP contribution in [0.1, 0.15) is 32.1 Å². The Hall–Kier alpha value is 1.09. The fraction of sp³-hybridized carbons (Fsp3) is 1.00. The van der Waals surface area contributed by atoms with Gasteiger partial charge in [0.25, 0.3) is 0 Å². The van der Waals surface area contributed by atoms with Gasteiger partial charge < -0.3 is 0 Å². The molecule has 0 radical (unpaired) electrons. The van der Waals surface area contributed by atoms with E-state index in [4.69, 9.17) is 14.1 Å². The first-order valence-corrected chi connectivity index (χ1v) is 11.2. The molecule has 64 valence electrons. The van der Waals surface area contributed by atoms with E-state index in [1.807, 2.05) is 0 Å². The molecule has 2 saturated carbocycles. The van der Waals surface area contributed by atoms with Crippen molar-refractivity contribution in [3.63, 3.8) is 0 Å². The van der Waals surface area contributed by atoms with Gasteiger partial charge in [-0.1, -0.05) is 0 Å². The van der Waals surface area contributed by atoms with Crippen molar-refractivity contribution in [2.24, 2.45) is 5.92 Å². The van der Waals surface area contributed by atoms with Crippen molar-refractivity contribution in [2.75, 3.05) is 0 Å². The summed E-state index contributed by atoms with van der Waals surface area (Å²) in [5.74, 6) is 0.955. The van der Waals surface area contributed by atoms with Crippen LogP contribution in [0.4, 0.5) is 0 Å². The summed E-state index contributed by atoms with van der Waals surface area (Å²) in [6, 6.07) is 0. The predicted molar refractivity (Wildman–Crippen MR) is 54.1 cm³/mol. The third kappa shape index (κ3) is 1.72. The molecule has 1 atom stereocenters. The monoisotopic (exact) mass is 252 g/mol. The summed E-state index contributed by atoms with van der Waals surface area (Å²) >= 11 is -1.74. The summed E-state index contributed by atoms with van der Waals surface area (Å²) in [4.78, 5) is 0. The van der Waals surface area contributed by atoms with Crippen LogP contribution < -0.4 is 0 Å². The molecule has 2 bridgehead atoms. The Kier molecular flexibility index (Phi) is 2.44. The molecule has 1 nitrogen and oxygen atoms in total. The number of hydrogen-bond acceptors (Lipinski definition) is 2. The van der Waals surface area contributed by atoms with Crippen molar-refractivity contribution in [1.29, 1.82) is 0 Å². The van der Waals surface area contributed by atoms with Gasteiger partial charge in [-0.25, -0.2) is 0 Å². The van der Waals surface area contributed by atoms with Crippen LogP contribution in [0, 0.1) is 5.92 Å². The van der Waals surface area contributed by atoms with Crippen LogP contribution in [-0.4, -0.2) is 17.8 Å². The average molecular weight is 252 g/mol. The Morgan fingerprint density at radius 1 is 1.45 bits per heavy atom. The van der Waals surface area contributed by atoms with Gasteiger partial charge in [0, 0.05) is 0 Å². The summed E-state index contributed by atoms with van der Waals surface area (Å²) in [7, 11) is 9.34. The summed E-state index contributed by atoms with van der Waals surface area (Å²) in [5.41, 5.74) is 0.226. The van der Waals surface area contributed by atoms with Crippen molar-refractivity contribution in [3.8, 4) is 0 Å². The molecule has 0 aromatic rings. The van der Waals surface area contributed by atoms with E-state index in [0.29, 0.717) is 0 Å². The number of rotatable bonds is 2. The number of hydrogen-bond donors (Lipinski definition) is 1. The molecular formula is C7H13AsOS2. The summed E-state index contributed by atoms with van der Waals surface area (Å²) in [5, 5.41) is 0. The van der Waals surface area contributed by atoms with Crippen LogP contribution in [-0.2, 0) is 3.73 Å². The van der Waals surface area contributed by atoms with Crippen molar-refractivity contribution >= 4 is 33.4 Å². The topological polar surface area (TPSA) is 9.23 Å². The Morgan fingerprint density at radius 2 is 2.09 bits per heavy atom. The Labute approximate surface area is 80.7 Å². The number of fused-ring (bicyclic) bond motifs is 2. The van der Waals surface area contributed by atoms with Crippen molar-refractivity contribution in [1.82, 2.24) is 0 Å². The molecule has 0 aromatic heterocycles. The molecule has 0 spiro atoms. The van der Waals surface area contributed by atoms with E-state index in [9.17, 15) is 0 Å². The fourth-order valence-electron chi connectivity index (χ4n) is 2.47. The summed E-state index contributed by atoms with van der Waals surface area (Å²) in [6.07, 6.45) is 6.53. The first-order chi connectivity index (χ1) is 5.20. The molecule has 11 heavy (non-hydrogen) atoms. The SMILES string of the molecule is S=[AsH](S)OC12CCC(CC1)C2. The first kappa shape index (κ1) is 8.68. The summed E-state index contributed by atoms with van der Waals surface area (Å²) in [6.45, 7) is 0. The van der Waals surface area contributed by atoms with E-state index in [0.717, 1.165) is 5.92 Å². The molecule has 2 aliphatic carbocycles. The Bertz CT molecular complexity index is 187. The second kappa shape index (κ2) is 3.10. The van der Waals surface area contributed by atoms with Crippen molar-refractivity contribution in [2.45, 2.75) is 37.7 Å². The molecule has 0 amide bonds. The predicted octanol–water partition coefficient (Wildman–Crippen LogP) is 2.18. The molecule has 2 rings (SSSR count). The van der Waals surface area contributed by atoms with Gasteiger partial charge in [-0.05, 0) is 0 Å². The van der Waals surface area contributed by atoms with Crippen LogP contribution in [0.3, 0.4) is 0 Å². The standard InChI is InChI=1S/C7H13AsOS2/c10-8(11)9-7-3-1-6(5-7)2-4-7/h6,8H,1-5H2,(H,10,11). The van der Waals surface area contributed by atoms with Crippen molar-refractivity contribution < 1.29 is 3.73 Å². The number of thiol groups is 1. The normalized spacial score (nSPS) is 44.6. The first-order valence-electron chi connectivity index (χ1n) is 4.12. The molecule has 0 heterocycles. The zero-order valence-corrected chi connectivity index (χ0v) is 10.2. The van der Waals surface area contributed by atoms with Crippen LogP contribution >= 0.6 is 21.3 Å². The van der Waals surface area contributed by atoms with Gasteiger partial charge >= 0.3 is 80.8 Å². The minimum atomic E-state index is -1.74. The van der Waals surface area contributed by atoms with Gasteiger partial charge in [0.15, 0.2) is 0 Å². The molecule has 1 unspecified atom stereocenters. The van der Waals surface area contributed by atoms with Gasteiger partial charge in [0.1, 0.15) is 0 Å². The Balaban J connectivity index is 2.05. The van der Waals surface area contributed by atoms with Crippen molar-refractivity contribution in [3.05, 3.63) is 0 Å². The van der Waals surface area contributed by atoms with E-state index in [1.165, 1.54) is 32.1 Å². The molecule has 2 fully saturated rings. The molecule has 2 aliphatic rings. The minimum absolute atomic E-state index is 0.226. The van der Waals surface area contributed by atoms with Gasteiger partial charge in [-0.15, -0.1) is 0 Å². The Morgan fingerprint density at radius 3 is 2.45 bits per heavy atom. The molecule has 0 N–H and O–H groups in total. The quantitative estimate of drug-likeness (QED) is 0.596. The van der Waals surface area contributed by atoms with Crippen LogP contribution in [0.5, 0.6) is 0 Å². The third-order valence-electron chi connectivity index (χ3n) is 2.98. The van der Waals surface area contributed by atoms with Crippen LogP contribution in [0.2, 0.25) is 0 Å². The van der Waals surface area contributed by atoms with Gasteiger partial charge in [0.05, 0.1) is 0 Å². The zero-order valence-electron chi connectivity index (χ0n) is 6.38. The second-order valence-electron chi connectivity index (χ2n) is 3.70. The molecule has 0 aliphatic heterocycles. The van der Waals surface area contributed by atoms with Gasteiger partial charge in [-0.2, -0.15) is 0 Å². The van der Waals surface area contributed by atoms with Crippen LogP contribution in [0.15, 0.2) is 0 Å². The van der Waals surface area contributed by atoms with E-state index in [1.54, 1.807) is 0 Å². The van der Waals surface area contributed by atoms with Gasteiger partial charge in [0.2, 0.25) is 0 Å². The second-order valence-corrected chi connectivity index (χ2v) is 10.9. The molecule has 0 aromatic carbocycles. The molecule has 0 saturated heterocycles. The fourth-order valence-corrected chi connectivity index (χ4v) is 5.77. The average Bonchev–Trinajstić information content (AvgIpc) is 2.43.